The first-order chi connectivity index (χ1) is 13.5. The first kappa shape index (κ1) is 19.1. The highest BCUT2D eigenvalue weighted by Crippen LogP contribution is 2.29. The standard InChI is InChI=1S/C19H20BrN5O2S/c1-24(28(26,27)15-6-4-5-14(20)13-15)19-22-17-8-3-2-7-16(17)18(23-19)25-11-9-21-10-12-25/h2-8,13,21H,9-12H2,1H3. The number of nitrogens with zero attached hydrogens (tertiary/aromatic N) is 4. The second-order valence-electron chi connectivity index (χ2n) is 6.53. The van der Waals surface area contributed by atoms with Crippen molar-refractivity contribution in [3.05, 3.63) is 53.0 Å². The third kappa shape index (κ3) is 3.57. The molecular weight excluding hydrogens is 442 g/mol. The Morgan fingerprint density at radius 1 is 1.07 bits per heavy atom. The predicted molar refractivity (Wildman–Crippen MR) is 114 cm³/mol. The molecule has 1 aliphatic rings. The van der Waals surface area contributed by atoms with E-state index < -0.39 is 10.0 Å². The van der Waals surface area contributed by atoms with Crippen molar-refractivity contribution in [2.24, 2.45) is 0 Å². The zero-order chi connectivity index (χ0) is 19.7. The summed E-state index contributed by atoms with van der Waals surface area (Å²) in [5.41, 5.74) is 0.720. The molecule has 9 heteroatoms. The van der Waals surface area contributed by atoms with E-state index in [1.165, 1.54) is 7.05 Å². The highest BCUT2D eigenvalue weighted by molar-refractivity contribution is 9.10. The highest BCUT2D eigenvalue weighted by Gasteiger charge is 2.26. The van der Waals surface area contributed by atoms with Gasteiger partial charge in [-0.1, -0.05) is 34.1 Å². The molecule has 2 aromatic carbocycles. The molecular formula is C19H20BrN5O2S. The van der Waals surface area contributed by atoms with E-state index in [0.717, 1.165) is 47.2 Å². The third-order valence-electron chi connectivity index (χ3n) is 4.72. The Labute approximate surface area is 172 Å². The van der Waals surface area contributed by atoms with Crippen LogP contribution in [0.5, 0.6) is 0 Å². The molecule has 0 spiro atoms. The van der Waals surface area contributed by atoms with Crippen molar-refractivity contribution in [2.75, 3.05) is 42.4 Å². The van der Waals surface area contributed by atoms with Crippen molar-refractivity contribution in [1.82, 2.24) is 15.3 Å². The van der Waals surface area contributed by atoms with Crippen LogP contribution in [0.1, 0.15) is 0 Å². The second-order valence-corrected chi connectivity index (χ2v) is 9.42. The number of para-hydroxylation sites is 1. The molecule has 1 aromatic heterocycles. The Morgan fingerprint density at radius 3 is 2.57 bits per heavy atom. The molecule has 0 atom stereocenters. The quantitative estimate of drug-likeness (QED) is 0.643. The van der Waals surface area contributed by atoms with Crippen LogP contribution in [-0.4, -0.2) is 51.6 Å². The number of hydrogen-bond acceptors (Lipinski definition) is 6. The molecule has 2 heterocycles. The van der Waals surface area contributed by atoms with Gasteiger partial charge in [0, 0.05) is 43.1 Å². The number of anilines is 2. The van der Waals surface area contributed by atoms with Gasteiger partial charge in [-0.25, -0.2) is 17.7 Å². The number of piperazine rings is 1. The summed E-state index contributed by atoms with van der Waals surface area (Å²) in [6, 6.07) is 14.3. The monoisotopic (exact) mass is 461 g/mol. The molecule has 0 radical (unpaired) electrons. The molecule has 0 amide bonds. The van der Waals surface area contributed by atoms with Crippen LogP contribution >= 0.6 is 15.9 Å². The van der Waals surface area contributed by atoms with Crippen LogP contribution < -0.4 is 14.5 Å². The molecule has 1 aliphatic heterocycles. The van der Waals surface area contributed by atoms with Crippen LogP contribution in [0.4, 0.5) is 11.8 Å². The summed E-state index contributed by atoms with van der Waals surface area (Å²) in [6.45, 7) is 3.34. The fourth-order valence-corrected chi connectivity index (χ4v) is 4.89. The summed E-state index contributed by atoms with van der Waals surface area (Å²) >= 11 is 3.33. The van der Waals surface area contributed by atoms with Gasteiger partial charge in [0.25, 0.3) is 10.0 Å². The average Bonchev–Trinajstić information content (AvgIpc) is 2.73. The lowest BCUT2D eigenvalue weighted by Gasteiger charge is -2.30. The molecule has 3 aromatic rings. The van der Waals surface area contributed by atoms with Crippen molar-refractivity contribution >= 4 is 48.6 Å². The van der Waals surface area contributed by atoms with Crippen molar-refractivity contribution in [2.45, 2.75) is 4.90 Å². The number of hydrogen-bond donors (Lipinski definition) is 1. The molecule has 1 fully saturated rings. The van der Waals surface area contributed by atoms with E-state index in [-0.39, 0.29) is 10.8 Å². The SMILES string of the molecule is CN(c1nc(N2CCNCC2)c2ccccc2n1)S(=O)(=O)c1cccc(Br)c1. The molecule has 28 heavy (non-hydrogen) atoms. The smallest absolute Gasteiger partial charge is 0.266 e. The second kappa shape index (κ2) is 7.65. The van der Waals surface area contributed by atoms with Gasteiger partial charge in [0.1, 0.15) is 5.82 Å². The van der Waals surface area contributed by atoms with E-state index in [9.17, 15) is 8.42 Å². The summed E-state index contributed by atoms with van der Waals surface area (Å²) in [7, 11) is -2.30. The topological polar surface area (TPSA) is 78.4 Å². The van der Waals surface area contributed by atoms with Crippen molar-refractivity contribution in [1.29, 1.82) is 0 Å². The Balaban J connectivity index is 1.82. The number of fused-ring (bicyclic) bond motifs is 1. The Kier molecular flexibility index (Phi) is 5.22. The van der Waals surface area contributed by atoms with Gasteiger partial charge in [-0.05, 0) is 30.3 Å². The van der Waals surface area contributed by atoms with E-state index in [0.29, 0.717) is 4.47 Å². The normalized spacial score (nSPS) is 15.0. The van der Waals surface area contributed by atoms with E-state index in [1.807, 2.05) is 24.3 Å². The van der Waals surface area contributed by atoms with Gasteiger partial charge in [-0.3, -0.25) is 0 Å². The Hall–Kier alpha value is -2.23. The van der Waals surface area contributed by atoms with E-state index in [4.69, 9.17) is 0 Å². The summed E-state index contributed by atoms with van der Waals surface area (Å²) in [5.74, 6) is 0.922. The number of nitrogens with one attached hydrogen (secondary N) is 1. The highest BCUT2D eigenvalue weighted by atomic mass is 79.9. The number of halogens is 1. The van der Waals surface area contributed by atoms with Crippen molar-refractivity contribution < 1.29 is 8.42 Å². The first-order valence-corrected chi connectivity index (χ1v) is 11.2. The maximum Gasteiger partial charge on any atom is 0.266 e. The van der Waals surface area contributed by atoms with Gasteiger partial charge in [0.2, 0.25) is 5.95 Å². The number of sulfonamides is 1. The minimum atomic E-state index is -3.78. The molecule has 0 aliphatic carbocycles. The Bertz CT molecular complexity index is 1120. The minimum absolute atomic E-state index is 0.159. The Morgan fingerprint density at radius 2 is 1.82 bits per heavy atom. The molecule has 4 rings (SSSR count). The van der Waals surface area contributed by atoms with Gasteiger partial charge < -0.3 is 10.2 Å². The van der Waals surface area contributed by atoms with E-state index in [1.54, 1.807) is 24.3 Å². The minimum Gasteiger partial charge on any atom is -0.353 e. The summed E-state index contributed by atoms with van der Waals surface area (Å²) in [5, 5.41) is 4.24. The lowest BCUT2D eigenvalue weighted by atomic mass is 10.2. The van der Waals surface area contributed by atoms with E-state index in [2.05, 4.69) is 36.1 Å². The molecule has 7 nitrogen and oxygen atoms in total. The first-order valence-electron chi connectivity index (χ1n) is 8.94. The zero-order valence-electron chi connectivity index (χ0n) is 15.3. The zero-order valence-corrected chi connectivity index (χ0v) is 17.7. The molecule has 0 unspecified atom stereocenters. The van der Waals surface area contributed by atoms with Crippen LogP contribution in [0.25, 0.3) is 10.9 Å². The van der Waals surface area contributed by atoms with Crippen LogP contribution in [-0.2, 0) is 10.0 Å². The molecule has 0 bridgehead atoms. The van der Waals surface area contributed by atoms with Crippen molar-refractivity contribution in [3.63, 3.8) is 0 Å². The number of benzene rings is 2. The van der Waals surface area contributed by atoms with Gasteiger partial charge >= 0.3 is 0 Å². The lowest BCUT2D eigenvalue weighted by Crippen LogP contribution is -2.44. The molecule has 146 valence electrons. The van der Waals surface area contributed by atoms with Crippen LogP contribution in [0.15, 0.2) is 57.9 Å². The lowest BCUT2D eigenvalue weighted by molar-refractivity contribution is 0.585. The van der Waals surface area contributed by atoms with Gasteiger partial charge in [-0.15, -0.1) is 0 Å². The number of aromatic nitrogens is 2. The largest absolute Gasteiger partial charge is 0.353 e. The molecule has 1 N–H and O–H groups in total. The molecule has 0 saturated carbocycles. The van der Waals surface area contributed by atoms with Crippen LogP contribution in [0.3, 0.4) is 0 Å². The summed E-state index contributed by atoms with van der Waals surface area (Å²) in [6.07, 6.45) is 0. The predicted octanol–water partition coefficient (Wildman–Crippen LogP) is 2.63. The fraction of sp³-hybridized carbons (Fsp3) is 0.263. The summed E-state index contributed by atoms with van der Waals surface area (Å²) < 4.78 is 28.1. The van der Waals surface area contributed by atoms with Crippen LogP contribution in [0, 0.1) is 0 Å². The fourth-order valence-electron chi connectivity index (χ4n) is 3.20. The maximum absolute atomic E-state index is 13.1. The van der Waals surface area contributed by atoms with Crippen molar-refractivity contribution in [3.8, 4) is 0 Å². The summed E-state index contributed by atoms with van der Waals surface area (Å²) in [4.78, 5) is 11.5. The van der Waals surface area contributed by atoms with E-state index >= 15 is 0 Å². The third-order valence-corrected chi connectivity index (χ3v) is 6.95. The van der Waals surface area contributed by atoms with Gasteiger partial charge in [0.05, 0.1) is 10.4 Å². The van der Waals surface area contributed by atoms with Crippen LogP contribution in [0.2, 0.25) is 0 Å². The van der Waals surface area contributed by atoms with Gasteiger partial charge in [0.15, 0.2) is 0 Å². The van der Waals surface area contributed by atoms with Gasteiger partial charge in [-0.2, -0.15) is 4.98 Å². The maximum atomic E-state index is 13.1. The number of rotatable bonds is 4. The average molecular weight is 462 g/mol. The molecule has 1 saturated heterocycles.